The number of anilines is 2. The van der Waals surface area contributed by atoms with Crippen LogP contribution in [0, 0.1) is 10.1 Å². The first-order chi connectivity index (χ1) is 14.4. The number of nitro benzene ring substituents is 1. The van der Waals surface area contributed by atoms with Crippen molar-refractivity contribution in [3.05, 3.63) is 58.1 Å². The third-order valence-corrected chi connectivity index (χ3v) is 4.56. The number of hydrogen-bond donors (Lipinski definition) is 2. The van der Waals surface area contributed by atoms with E-state index in [0.29, 0.717) is 24.3 Å². The number of nitro groups is 1. The van der Waals surface area contributed by atoms with Gasteiger partial charge in [-0.2, -0.15) is 0 Å². The van der Waals surface area contributed by atoms with Gasteiger partial charge in [0, 0.05) is 36.0 Å². The van der Waals surface area contributed by atoms with Gasteiger partial charge in [-0.25, -0.2) is 0 Å². The van der Waals surface area contributed by atoms with Gasteiger partial charge < -0.3 is 20.3 Å². The van der Waals surface area contributed by atoms with Crippen molar-refractivity contribution >= 4 is 34.8 Å². The third-order valence-electron chi connectivity index (χ3n) is 4.56. The van der Waals surface area contributed by atoms with Gasteiger partial charge >= 0.3 is 5.69 Å². The monoisotopic (exact) mass is 412 g/mol. The van der Waals surface area contributed by atoms with Crippen molar-refractivity contribution in [3.63, 3.8) is 0 Å². The molecule has 10 nitrogen and oxygen atoms in total. The van der Waals surface area contributed by atoms with Crippen LogP contribution in [0.25, 0.3) is 0 Å². The van der Waals surface area contributed by atoms with Crippen LogP contribution in [0.5, 0.6) is 5.75 Å². The summed E-state index contributed by atoms with van der Waals surface area (Å²) in [6, 6.07) is 10.7. The highest BCUT2D eigenvalue weighted by Gasteiger charge is 2.22. The van der Waals surface area contributed by atoms with E-state index in [0.717, 1.165) is 12.5 Å². The van der Waals surface area contributed by atoms with Gasteiger partial charge in [-0.05, 0) is 36.8 Å². The molecule has 2 aromatic rings. The summed E-state index contributed by atoms with van der Waals surface area (Å²) in [6.45, 7) is 0.311. The predicted molar refractivity (Wildman–Crippen MR) is 109 cm³/mol. The molecule has 0 unspecified atom stereocenters. The number of carbonyl (C=O) groups is 3. The summed E-state index contributed by atoms with van der Waals surface area (Å²) in [5.74, 6) is -1.03. The summed E-state index contributed by atoms with van der Waals surface area (Å²) in [5.41, 5.74) is 0.879. The lowest BCUT2D eigenvalue weighted by Gasteiger charge is -2.16. The zero-order chi connectivity index (χ0) is 21.7. The molecule has 30 heavy (non-hydrogen) atoms. The van der Waals surface area contributed by atoms with Crippen LogP contribution in [0.15, 0.2) is 42.5 Å². The van der Waals surface area contributed by atoms with Crippen LogP contribution in [-0.4, -0.2) is 42.8 Å². The van der Waals surface area contributed by atoms with E-state index >= 15 is 0 Å². The minimum Gasteiger partial charge on any atom is -0.490 e. The van der Waals surface area contributed by atoms with E-state index < -0.39 is 16.7 Å². The first-order valence-electron chi connectivity index (χ1n) is 9.20. The van der Waals surface area contributed by atoms with Crippen molar-refractivity contribution in [2.45, 2.75) is 12.8 Å². The summed E-state index contributed by atoms with van der Waals surface area (Å²) >= 11 is 0. The molecule has 0 radical (unpaired) electrons. The molecule has 1 fully saturated rings. The van der Waals surface area contributed by atoms with Gasteiger partial charge in [0.1, 0.15) is 0 Å². The standard InChI is InChI=1S/C20H20N4O6/c1-30-17-8-7-13(10-16(17)24(28)29)20(27)21-12-18(25)22-14-4-2-5-15(11-14)23-9-3-6-19(23)26/h2,4-5,7-8,10-11H,3,6,9,12H2,1H3,(H,21,27)(H,22,25). The first-order valence-corrected chi connectivity index (χ1v) is 9.20. The Balaban J connectivity index is 1.60. The van der Waals surface area contributed by atoms with Crippen LogP contribution in [0.2, 0.25) is 0 Å². The van der Waals surface area contributed by atoms with Crippen molar-refractivity contribution in [3.8, 4) is 5.75 Å². The maximum Gasteiger partial charge on any atom is 0.311 e. The second kappa shape index (κ2) is 9.03. The molecule has 156 valence electrons. The van der Waals surface area contributed by atoms with Gasteiger partial charge in [-0.15, -0.1) is 0 Å². The van der Waals surface area contributed by atoms with Gasteiger partial charge in [-0.1, -0.05) is 6.07 Å². The molecule has 0 aliphatic carbocycles. The number of amides is 3. The topological polar surface area (TPSA) is 131 Å². The first kappa shape index (κ1) is 20.8. The number of nitrogens with one attached hydrogen (secondary N) is 2. The molecule has 3 amide bonds. The Morgan fingerprint density at radius 2 is 2.03 bits per heavy atom. The highest BCUT2D eigenvalue weighted by Crippen LogP contribution is 2.27. The van der Waals surface area contributed by atoms with Crippen molar-refractivity contribution < 1.29 is 24.0 Å². The molecule has 1 aliphatic rings. The zero-order valence-corrected chi connectivity index (χ0v) is 16.2. The fourth-order valence-electron chi connectivity index (χ4n) is 3.11. The minimum absolute atomic E-state index is 0.0323. The van der Waals surface area contributed by atoms with Crippen molar-refractivity contribution in [1.82, 2.24) is 5.32 Å². The van der Waals surface area contributed by atoms with Crippen molar-refractivity contribution in [2.75, 3.05) is 30.4 Å². The molecule has 0 atom stereocenters. The molecule has 0 saturated carbocycles. The highest BCUT2D eigenvalue weighted by molar-refractivity contribution is 6.00. The lowest BCUT2D eigenvalue weighted by Crippen LogP contribution is -2.33. The number of hydrogen-bond acceptors (Lipinski definition) is 6. The fourth-order valence-corrected chi connectivity index (χ4v) is 3.11. The molecule has 0 spiro atoms. The third kappa shape index (κ3) is 4.72. The summed E-state index contributed by atoms with van der Waals surface area (Å²) in [5, 5.41) is 16.1. The molecule has 2 aromatic carbocycles. The number of benzene rings is 2. The smallest absolute Gasteiger partial charge is 0.311 e. The molecular formula is C20H20N4O6. The highest BCUT2D eigenvalue weighted by atomic mass is 16.6. The van der Waals surface area contributed by atoms with Crippen molar-refractivity contribution in [2.24, 2.45) is 0 Å². The second-order valence-electron chi connectivity index (χ2n) is 6.57. The molecule has 0 bridgehead atoms. The maximum atomic E-state index is 12.2. The Morgan fingerprint density at radius 1 is 1.23 bits per heavy atom. The number of nitrogens with zero attached hydrogens (tertiary/aromatic N) is 2. The van der Waals surface area contributed by atoms with Gasteiger partial charge in [0.2, 0.25) is 11.8 Å². The summed E-state index contributed by atoms with van der Waals surface area (Å²) < 4.78 is 4.90. The van der Waals surface area contributed by atoms with E-state index in [9.17, 15) is 24.5 Å². The van der Waals surface area contributed by atoms with Crippen LogP contribution in [0.3, 0.4) is 0 Å². The SMILES string of the molecule is COc1ccc(C(=O)NCC(=O)Nc2cccc(N3CCCC3=O)c2)cc1[N+](=O)[O-]. The van der Waals surface area contributed by atoms with Gasteiger partial charge in [0.15, 0.2) is 5.75 Å². The average molecular weight is 412 g/mol. The Hall–Kier alpha value is -3.95. The van der Waals surface area contributed by atoms with Crippen LogP contribution < -0.4 is 20.3 Å². The van der Waals surface area contributed by atoms with Gasteiger partial charge in [0.25, 0.3) is 5.91 Å². The number of carbonyl (C=O) groups excluding carboxylic acids is 3. The maximum absolute atomic E-state index is 12.2. The number of rotatable bonds is 7. The molecule has 3 rings (SSSR count). The normalized spacial score (nSPS) is 13.1. The Morgan fingerprint density at radius 3 is 2.70 bits per heavy atom. The lowest BCUT2D eigenvalue weighted by atomic mass is 10.1. The lowest BCUT2D eigenvalue weighted by molar-refractivity contribution is -0.385. The average Bonchev–Trinajstić information content (AvgIpc) is 3.17. The van der Waals surface area contributed by atoms with E-state index in [4.69, 9.17) is 4.74 Å². The molecule has 1 heterocycles. The van der Waals surface area contributed by atoms with E-state index in [2.05, 4.69) is 10.6 Å². The van der Waals surface area contributed by atoms with Crippen LogP contribution in [-0.2, 0) is 9.59 Å². The Kier molecular flexibility index (Phi) is 6.26. The number of methoxy groups -OCH3 is 1. The van der Waals surface area contributed by atoms with E-state index in [1.54, 1.807) is 29.2 Å². The molecular weight excluding hydrogens is 392 g/mol. The van der Waals surface area contributed by atoms with Crippen LogP contribution in [0.4, 0.5) is 17.1 Å². The summed E-state index contributed by atoms with van der Waals surface area (Å²) in [6.07, 6.45) is 1.30. The van der Waals surface area contributed by atoms with E-state index in [1.807, 2.05) is 0 Å². The molecule has 0 aromatic heterocycles. The molecule has 1 saturated heterocycles. The second-order valence-corrected chi connectivity index (χ2v) is 6.57. The van der Waals surface area contributed by atoms with E-state index in [-0.39, 0.29) is 29.5 Å². The van der Waals surface area contributed by atoms with Gasteiger partial charge in [-0.3, -0.25) is 24.5 Å². The van der Waals surface area contributed by atoms with Crippen LogP contribution in [0.1, 0.15) is 23.2 Å². The Labute approximate surface area is 172 Å². The van der Waals surface area contributed by atoms with Crippen molar-refractivity contribution in [1.29, 1.82) is 0 Å². The van der Waals surface area contributed by atoms with E-state index in [1.165, 1.54) is 19.2 Å². The molecule has 1 aliphatic heterocycles. The zero-order valence-electron chi connectivity index (χ0n) is 16.2. The molecule has 10 heteroatoms. The fraction of sp³-hybridized carbons (Fsp3) is 0.250. The largest absolute Gasteiger partial charge is 0.490 e. The van der Waals surface area contributed by atoms with Gasteiger partial charge in [0.05, 0.1) is 18.6 Å². The predicted octanol–water partition coefficient (Wildman–Crippen LogP) is 2.10. The summed E-state index contributed by atoms with van der Waals surface area (Å²) in [7, 11) is 1.29. The van der Waals surface area contributed by atoms with Crippen LogP contribution >= 0.6 is 0 Å². The summed E-state index contributed by atoms with van der Waals surface area (Å²) in [4.78, 5) is 48.4. The Bertz CT molecular complexity index is 1010. The molecule has 2 N–H and O–H groups in total. The number of ether oxygens (including phenoxy) is 1. The quantitative estimate of drug-likeness (QED) is 0.529. The minimum atomic E-state index is -0.652.